The van der Waals surface area contributed by atoms with E-state index in [1.165, 1.54) is 5.56 Å². The lowest BCUT2D eigenvalue weighted by Gasteiger charge is -2.11. The zero-order chi connectivity index (χ0) is 18.4. The van der Waals surface area contributed by atoms with E-state index in [2.05, 4.69) is 35.4 Å². The fraction of sp³-hybridized carbons (Fsp3) is 0.286. The molecular formula is C21H22N4O. The summed E-state index contributed by atoms with van der Waals surface area (Å²) in [7, 11) is 0. The molecule has 3 rings (SSSR count). The van der Waals surface area contributed by atoms with Gasteiger partial charge in [0.15, 0.2) is 0 Å². The molecule has 0 radical (unpaired) electrons. The molecule has 0 bridgehead atoms. The quantitative estimate of drug-likeness (QED) is 0.500. The topological polar surface area (TPSA) is 70.7 Å². The number of aromatic nitrogens is 2. The Morgan fingerprint density at radius 1 is 1.31 bits per heavy atom. The number of benzene rings is 1. The van der Waals surface area contributed by atoms with Crippen LogP contribution in [0.2, 0.25) is 0 Å². The number of carbonyl (C=O) groups excluding carboxylic acids is 1. The van der Waals surface area contributed by atoms with Crippen LogP contribution in [0.3, 0.4) is 0 Å². The summed E-state index contributed by atoms with van der Waals surface area (Å²) in [6.45, 7) is 2.96. The molecule has 5 heteroatoms. The van der Waals surface area contributed by atoms with Gasteiger partial charge in [-0.3, -0.25) is 4.79 Å². The number of hydrogen-bond acceptors (Lipinski definition) is 3. The van der Waals surface area contributed by atoms with Gasteiger partial charge >= 0.3 is 0 Å². The first-order valence-corrected chi connectivity index (χ1v) is 8.85. The predicted molar refractivity (Wildman–Crippen MR) is 102 cm³/mol. The second kappa shape index (κ2) is 8.30. The van der Waals surface area contributed by atoms with E-state index in [1.807, 2.05) is 41.2 Å². The van der Waals surface area contributed by atoms with E-state index in [-0.39, 0.29) is 0 Å². The van der Waals surface area contributed by atoms with E-state index in [1.54, 1.807) is 0 Å². The van der Waals surface area contributed by atoms with Crippen LogP contribution in [0.1, 0.15) is 30.9 Å². The molecule has 1 N–H and O–H groups in total. The van der Waals surface area contributed by atoms with Crippen LogP contribution in [0.15, 0.2) is 48.8 Å². The minimum atomic E-state index is 0.545. The number of nitrogens with zero attached hydrogens (tertiary/aromatic N) is 3. The molecule has 0 aliphatic carbocycles. The number of amides is 1. The van der Waals surface area contributed by atoms with Crippen LogP contribution in [-0.2, 0) is 11.2 Å². The van der Waals surface area contributed by atoms with Gasteiger partial charge in [-0.2, -0.15) is 5.26 Å². The van der Waals surface area contributed by atoms with Gasteiger partial charge in [-0.05, 0) is 67.1 Å². The molecular weight excluding hydrogens is 324 g/mol. The largest absolute Gasteiger partial charge is 0.359 e. The molecule has 2 heterocycles. The van der Waals surface area contributed by atoms with Gasteiger partial charge < -0.3 is 9.88 Å². The number of hydrogen-bond donors (Lipinski definition) is 1. The Morgan fingerprint density at radius 3 is 2.85 bits per heavy atom. The van der Waals surface area contributed by atoms with Gasteiger partial charge in [0, 0.05) is 30.0 Å². The molecule has 0 spiro atoms. The highest BCUT2D eigenvalue weighted by molar-refractivity contribution is 5.78. The van der Waals surface area contributed by atoms with Crippen LogP contribution < -0.4 is 5.32 Å². The van der Waals surface area contributed by atoms with Crippen molar-refractivity contribution in [3.63, 3.8) is 0 Å². The minimum absolute atomic E-state index is 0.545. The lowest BCUT2D eigenvalue weighted by atomic mass is 9.97. The average molecular weight is 346 g/mol. The van der Waals surface area contributed by atoms with Gasteiger partial charge in [0.25, 0.3) is 0 Å². The molecule has 1 amide bonds. The molecule has 132 valence electrons. The Hall–Kier alpha value is -3.13. The van der Waals surface area contributed by atoms with E-state index in [9.17, 15) is 4.79 Å². The van der Waals surface area contributed by atoms with E-state index in [0.717, 1.165) is 48.9 Å². The van der Waals surface area contributed by atoms with Crippen molar-refractivity contribution in [3.8, 4) is 11.8 Å². The van der Waals surface area contributed by atoms with Gasteiger partial charge in [0.2, 0.25) is 6.41 Å². The summed E-state index contributed by atoms with van der Waals surface area (Å²) in [5.74, 6) is 0.545. The minimum Gasteiger partial charge on any atom is -0.359 e. The lowest BCUT2D eigenvalue weighted by molar-refractivity contribution is -0.109. The SMILES string of the molecule is C[C@H](CCCNC=O)Cc1cnc2c(ccn2-c2ccc(C#N)cc2)c1. The van der Waals surface area contributed by atoms with Crippen LogP contribution >= 0.6 is 0 Å². The fourth-order valence-corrected chi connectivity index (χ4v) is 3.20. The Kier molecular flexibility index (Phi) is 5.65. The summed E-state index contributed by atoms with van der Waals surface area (Å²) < 4.78 is 2.04. The van der Waals surface area contributed by atoms with Crippen molar-refractivity contribution in [1.82, 2.24) is 14.9 Å². The standard InChI is InChI=1S/C21H22N4O/c1-16(3-2-9-23-15-26)11-18-12-19-8-10-25(21(19)24-14-18)20-6-4-17(13-22)5-7-20/h4-8,10,12,14-16H,2-3,9,11H2,1H3,(H,23,26)/t16-/m1/s1. The molecule has 1 atom stereocenters. The van der Waals surface area contributed by atoms with Gasteiger partial charge in [-0.25, -0.2) is 4.98 Å². The molecule has 0 aliphatic heterocycles. The lowest BCUT2D eigenvalue weighted by Crippen LogP contribution is -2.13. The van der Waals surface area contributed by atoms with Gasteiger partial charge in [0.05, 0.1) is 11.6 Å². The number of fused-ring (bicyclic) bond motifs is 1. The first-order chi connectivity index (χ1) is 12.7. The molecule has 2 aromatic heterocycles. The molecule has 5 nitrogen and oxygen atoms in total. The van der Waals surface area contributed by atoms with Gasteiger partial charge in [0.1, 0.15) is 5.65 Å². The number of carbonyl (C=O) groups is 1. The summed E-state index contributed by atoms with van der Waals surface area (Å²) in [6.07, 6.45) is 7.75. The molecule has 0 aliphatic rings. The third kappa shape index (κ3) is 4.09. The molecule has 3 aromatic rings. The van der Waals surface area contributed by atoms with E-state index < -0.39 is 0 Å². The monoisotopic (exact) mass is 346 g/mol. The van der Waals surface area contributed by atoms with Crippen LogP contribution in [-0.4, -0.2) is 22.5 Å². The van der Waals surface area contributed by atoms with Crippen molar-refractivity contribution in [2.75, 3.05) is 6.54 Å². The fourth-order valence-electron chi connectivity index (χ4n) is 3.20. The Labute approximate surface area is 153 Å². The summed E-state index contributed by atoms with van der Waals surface area (Å²) in [4.78, 5) is 14.9. The van der Waals surface area contributed by atoms with Gasteiger partial charge in [-0.15, -0.1) is 0 Å². The Bertz CT molecular complexity index is 921. The van der Waals surface area contributed by atoms with Crippen molar-refractivity contribution in [2.24, 2.45) is 5.92 Å². The zero-order valence-electron chi connectivity index (χ0n) is 14.9. The summed E-state index contributed by atoms with van der Waals surface area (Å²) in [5.41, 5.74) is 3.79. The normalized spacial score (nSPS) is 11.8. The number of nitrogens with one attached hydrogen (secondary N) is 1. The highest BCUT2D eigenvalue weighted by atomic mass is 16.1. The number of rotatable bonds is 8. The Balaban J connectivity index is 1.72. The second-order valence-corrected chi connectivity index (χ2v) is 6.62. The van der Waals surface area contributed by atoms with E-state index >= 15 is 0 Å². The predicted octanol–water partition coefficient (Wildman–Crippen LogP) is 3.60. The molecule has 0 fully saturated rings. The van der Waals surface area contributed by atoms with Crippen molar-refractivity contribution >= 4 is 17.4 Å². The smallest absolute Gasteiger partial charge is 0.207 e. The molecule has 0 saturated carbocycles. The van der Waals surface area contributed by atoms with Crippen molar-refractivity contribution in [3.05, 3.63) is 59.9 Å². The van der Waals surface area contributed by atoms with Crippen molar-refractivity contribution in [2.45, 2.75) is 26.2 Å². The maximum absolute atomic E-state index is 10.3. The van der Waals surface area contributed by atoms with Gasteiger partial charge in [-0.1, -0.05) is 6.92 Å². The van der Waals surface area contributed by atoms with Crippen LogP contribution in [0.5, 0.6) is 0 Å². The summed E-state index contributed by atoms with van der Waals surface area (Å²) in [6, 6.07) is 13.9. The van der Waals surface area contributed by atoms with Crippen molar-refractivity contribution < 1.29 is 4.79 Å². The second-order valence-electron chi connectivity index (χ2n) is 6.62. The summed E-state index contributed by atoms with van der Waals surface area (Å²) >= 11 is 0. The van der Waals surface area contributed by atoms with E-state index in [0.29, 0.717) is 11.5 Å². The first kappa shape index (κ1) is 17.7. The van der Waals surface area contributed by atoms with Crippen LogP contribution in [0, 0.1) is 17.2 Å². The molecule has 0 saturated heterocycles. The van der Waals surface area contributed by atoms with Crippen LogP contribution in [0.4, 0.5) is 0 Å². The highest BCUT2D eigenvalue weighted by Gasteiger charge is 2.08. The molecule has 0 unspecified atom stereocenters. The Morgan fingerprint density at radius 2 is 2.12 bits per heavy atom. The first-order valence-electron chi connectivity index (χ1n) is 8.85. The third-order valence-corrected chi connectivity index (χ3v) is 4.54. The van der Waals surface area contributed by atoms with Crippen LogP contribution in [0.25, 0.3) is 16.7 Å². The average Bonchev–Trinajstić information content (AvgIpc) is 3.08. The maximum Gasteiger partial charge on any atom is 0.207 e. The maximum atomic E-state index is 10.3. The third-order valence-electron chi connectivity index (χ3n) is 4.54. The number of nitriles is 1. The zero-order valence-corrected chi connectivity index (χ0v) is 14.9. The van der Waals surface area contributed by atoms with E-state index in [4.69, 9.17) is 5.26 Å². The van der Waals surface area contributed by atoms with Crippen molar-refractivity contribution in [1.29, 1.82) is 5.26 Å². The molecule has 26 heavy (non-hydrogen) atoms. The number of pyridine rings is 1. The highest BCUT2D eigenvalue weighted by Crippen LogP contribution is 2.22. The summed E-state index contributed by atoms with van der Waals surface area (Å²) in [5, 5.41) is 12.7. The molecule has 1 aromatic carbocycles.